The summed E-state index contributed by atoms with van der Waals surface area (Å²) in [6.07, 6.45) is 2.46. The van der Waals surface area contributed by atoms with Gasteiger partial charge in [-0.25, -0.2) is 4.39 Å². The van der Waals surface area contributed by atoms with Gasteiger partial charge in [0.2, 0.25) is 0 Å². The third-order valence-corrected chi connectivity index (χ3v) is 3.53. The highest BCUT2D eigenvalue weighted by atomic mass is 19.1. The Kier molecular flexibility index (Phi) is 5.16. The van der Waals surface area contributed by atoms with E-state index in [-0.39, 0.29) is 11.3 Å². The van der Waals surface area contributed by atoms with Gasteiger partial charge in [0.05, 0.1) is 12.7 Å². The average Bonchev–Trinajstić information content (AvgIpc) is 2.52. The molecule has 0 fully saturated rings. The Balaban J connectivity index is 2.58. The molecule has 0 atom stereocenters. The third-order valence-electron chi connectivity index (χ3n) is 3.53. The van der Waals surface area contributed by atoms with E-state index in [9.17, 15) is 14.3 Å². The van der Waals surface area contributed by atoms with Crippen molar-refractivity contribution in [3.63, 3.8) is 0 Å². The maximum atomic E-state index is 14.0. The summed E-state index contributed by atoms with van der Waals surface area (Å²) in [7, 11) is 1.52. The van der Waals surface area contributed by atoms with Crippen LogP contribution in [0.3, 0.4) is 0 Å². The second-order valence-electron chi connectivity index (χ2n) is 5.44. The molecule has 0 aliphatic rings. The molecule has 0 radical (unpaired) electrons. The zero-order valence-corrected chi connectivity index (χ0v) is 13.4. The van der Waals surface area contributed by atoms with Gasteiger partial charge in [-0.2, -0.15) is 0 Å². The van der Waals surface area contributed by atoms with Crippen molar-refractivity contribution >= 4 is 5.78 Å². The molecule has 3 nitrogen and oxygen atoms in total. The summed E-state index contributed by atoms with van der Waals surface area (Å²) in [5.74, 6) is -1.11. The minimum atomic E-state index is -0.744. The molecule has 0 amide bonds. The van der Waals surface area contributed by atoms with Gasteiger partial charge < -0.3 is 9.84 Å². The number of carbonyl (C=O) groups is 1. The first-order chi connectivity index (χ1) is 11.0. The van der Waals surface area contributed by atoms with E-state index in [2.05, 4.69) is 0 Å². The number of carbonyl (C=O) groups excluding carboxylic acids is 1. The number of aromatic hydroxyl groups is 1. The average molecular weight is 314 g/mol. The van der Waals surface area contributed by atoms with E-state index in [1.54, 1.807) is 18.2 Å². The molecule has 0 heterocycles. The normalized spacial score (nSPS) is 10.3. The number of ether oxygens (including phenoxy) is 1. The highest BCUT2D eigenvalue weighted by Gasteiger charge is 2.22. The Morgan fingerprint density at radius 3 is 2.52 bits per heavy atom. The van der Waals surface area contributed by atoms with Crippen LogP contribution in [-0.4, -0.2) is 18.0 Å². The van der Waals surface area contributed by atoms with Crippen LogP contribution in [0.15, 0.2) is 48.0 Å². The quantitative estimate of drug-likeness (QED) is 0.662. The fraction of sp³-hybridized carbons (Fsp3) is 0.211. The lowest BCUT2D eigenvalue weighted by molar-refractivity contribution is 0.103. The summed E-state index contributed by atoms with van der Waals surface area (Å²) in [4.78, 5) is 12.7. The van der Waals surface area contributed by atoms with Gasteiger partial charge in [-0.3, -0.25) is 4.79 Å². The van der Waals surface area contributed by atoms with Crippen molar-refractivity contribution in [2.45, 2.75) is 20.3 Å². The number of allylic oxidation sites excluding steroid dienone is 2. The molecule has 0 spiro atoms. The van der Waals surface area contributed by atoms with Crippen molar-refractivity contribution in [3.05, 3.63) is 70.6 Å². The van der Waals surface area contributed by atoms with Crippen molar-refractivity contribution in [2.24, 2.45) is 0 Å². The topological polar surface area (TPSA) is 46.5 Å². The SMILES string of the molecule is COc1cccc(C(=O)c2c(O)cccc2F)c1CC=C(C)C. The second-order valence-corrected chi connectivity index (χ2v) is 5.44. The van der Waals surface area contributed by atoms with E-state index < -0.39 is 11.6 Å². The van der Waals surface area contributed by atoms with E-state index in [4.69, 9.17) is 4.74 Å². The molecule has 120 valence electrons. The molecule has 0 saturated heterocycles. The minimum absolute atomic E-state index is 0.320. The number of phenolic OH excluding ortho intramolecular Hbond substituents is 1. The number of halogens is 1. The molecule has 4 heteroatoms. The molecule has 0 aromatic heterocycles. The minimum Gasteiger partial charge on any atom is -0.507 e. The summed E-state index contributed by atoms with van der Waals surface area (Å²) >= 11 is 0. The number of benzene rings is 2. The first-order valence-electron chi connectivity index (χ1n) is 7.27. The number of methoxy groups -OCH3 is 1. The van der Waals surface area contributed by atoms with Gasteiger partial charge in [-0.15, -0.1) is 0 Å². The fourth-order valence-corrected chi connectivity index (χ4v) is 2.36. The number of phenols is 1. The van der Waals surface area contributed by atoms with Gasteiger partial charge in [0.25, 0.3) is 0 Å². The number of hydrogen-bond acceptors (Lipinski definition) is 3. The number of ketones is 1. The maximum Gasteiger partial charge on any atom is 0.200 e. The number of hydrogen-bond donors (Lipinski definition) is 1. The van der Waals surface area contributed by atoms with E-state index in [1.165, 1.54) is 19.2 Å². The third kappa shape index (κ3) is 3.59. The van der Waals surface area contributed by atoms with Crippen molar-refractivity contribution in [1.82, 2.24) is 0 Å². The van der Waals surface area contributed by atoms with Crippen LogP contribution >= 0.6 is 0 Å². The van der Waals surface area contributed by atoms with Crippen LogP contribution in [0, 0.1) is 5.82 Å². The molecule has 0 aliphatic heterocycles. The Morgan fingerprint density at radius 1 is 1.22 bits per heavy atom. The molecule has 0 bridgehead atoms. The van der Waals surface area contributed by atoms with Crippen molar-refractivity contribution < 1.29 is 19.0 Å². The zero-order chi connectivity index (χ0) is 17.0. The molecule has 0 aliphatic carbocycles. The second kappa shape index (κ2) is 7.09. The van der Waals surface area contributed by atoms with Gasteiger partial charge >= 0.3 is 0 Å². The molecular weight excluding hydrogens is 295 g/mol. The highest BCUT2D eigenvalue weighted by Crippen LogP contribution is 2.29. The van der Waals surface area contributed by atoms with Crippen LogP contribution in [0.4, 0.5) is 4.39 Å². The van der Waals surface area contributed by atoms with Crippen LogP contribution in [-0.2, 0) is 6.42 Å². The smallest absolute Gasteiger partial charge is 0.200 e. The Labute approximate surface area is 135 Å². The van der Waals surface area contributed by atoms with Crippen LogP contribution in [0.25, 0.3) is 0 Å². The van der Waals surface area contributed by atoms with Crippen molar-refractivity contribution in [1.29, 1.82) is 0 Å². The van der Waals surface area contributed by atoms with Crippen molar-refractivity contribution in [2.75, 3.05) is 7.11 Å². The first kappa shape index (κ1) is 16.7. The molecule has 2 aromatic carbocycles. The van der Waals surface area contributed by atoms with E-state index >= 15 is 0 Å². The molecule has 0 saturated carbocycles. The van der Waals surface area contributed by atoms with E-state index in [0.29, 0.717) is 23.3 Å². The van der Waals surface area contributed by atoms with Crippen LogP contribution < -0.4 is 4.74 Å². The van der Waals surface area contributed by atoms with Gasteiger partial charge in [0.15, 0.2) is 5.78 Å². The zero-order valence-electron chi connectivity index (χ0n) is 13.4. The largest absolute Gasteiger partial charge is 0.507 e. The van der Waals surface area contributed by atoms with Gasteiger partial charge in [0, 0.05) is 11.1 Å². The Hall–Kier alpha value is -2.62. The molecule has 1 N–H and O–H groups in total. The molecule has 2 aromatic rings. The molecular formula is C19H19FO3. The summed E-state index contributed by atoms with van der Waals surface area (Å²) in [5.41, 5.74) is 1.77. The van der Waals surface area contributed by atoms with Crippen LogP contribution in [0.1, 0.15) is 35.3 Å². The summed E-state index contributed by atoms with van der Waals surface area (Å²) < 4.78 is 19.3. The van der Waals surface area contributed by atoms with Crippen molar-refractivity contribution in [3.8, 4) is 11.5 Å². The Morgan fingerprint density at radius 2 is 1.91 bits per heavy atom. The summed E-state index contributed by atoms with van der Waals surface area (Å²) in [5, 5.41) is 9.85. The van der Waals surface area contributed by atoms with Crippen LogP contribution in [0.5, 0.6) is 11.5 Å². The number of rotatable bonds is 5. The highest BCUT2D eigenvalue weighted by molar-refractivity contribution is 6.12. The monoisotopic (exact) mass is 314 g/mol. The molecule has 2 rings (SSSR count). The van der Waals surface area contributed by atoms with Crippen LogP contribution in [0.2, 0.25) is 0 Å². The summed E-state index contributed by atoms with van der Waals surface area (Å²) in [6.45, 7) is 3.92. The van der Waals surface area contributed by atoms with Gasteiger partial charge in [0.1, 0.15) is 17.3 Å². The summed E-state index contributed by atoms with van der Waals surface area (Å²) in [6, 6.07) is 8.86. The fourth-order valence-electron chi connectivity index (χ4n) is 2.36. The lowest BCUT2D eigenvalue weighted by Gasteiger charge is -2.13. The standard InChI is InChI=1S/C19H19FO3/c1-12(2)10-11-13-14(6-4-9-17(13)23-3)19(22)18-15(20)7-5-8-16(18)21/h4-10,21H,11H2,1-3H3. The van der Waals surface area contributed by atoms with E-state index in [1.807, 2.05) is 19.9 Å². The predicted molar refractivity (Wildman–Crippen MR) is 87.6 cm³/mol. The maximum absolute atomic E-state index is 14.0. The molecule has 23 heavy (non-hydrogen) atoms. The van der Waals surface area contributed by atoms with Gasteiger partial charge in [-0.1, -0.05) is 29.8 Å². The van der Waals surface area contributed by atoms with Gasteiger partial charge in [-0.05, 0) is 38.5 Å². The first-order valence-corrected chi connectivity index (χ1v) is 7.27. The van der Waals surface area contributed by atoms with E-state index in [0.717, 1.165) is 11.6 Å². The predicted octanol–water partition coefficient (Wildman–Crippen LogP) is 4.28. The Bertz CT molecular complexity index is 739. The molecule has 0 unspecified atom stereocenters. The lowest BCUT2D eigenvalue weighted by atomic mass is 9.94. The lowest BCUT2D eigenvalue weighted by Crippen LogP contribution is -2.09.